The zero-order chi connectivity index (χ0) is 15.3. The first-order valence-electron chi connectivity index (χ1n) is 6.14. The molecule has 0 saturated heterocycles. The summed E-state index contributed by atoms with van der Waals surface area (Å²) in [5.41, 5.74) is 0.617. The molecule has 0 heterocycles. The molecular formula is C16H13NO3S. The number of allylic oxidation sites excluding steroid dienone is 1. The van der Waals surface area contributed by atoms with Crippen LogP contribution in [-0.2, 0) is 9.84 Å². The highest BCUT2D eigenvalue weighted by Crippen LogP contribution is 2.21. The van der Waals surface area contributed by atoms with Crippen LogP contribution >= 0.6 is 0 Å². The van der Waals surface area contributed by atoms with Crippen molar-refractivity contribution in [3.63, 3.8) is 0 Å². The van der Waals surface area contributed by atoms with E-state index in [1.165, 1.54) is 18.2 Å². The molecule has 106 valence electrons. The van der Waals surface area contributed by atoms with Crippen LogP contribution in [0.5, 0.6) is 5.75 Å². The van der Waals surface area contributed by atoms with Gasteiger partial charge in [0, 0.05) is 0 Å². The highest BCUT2D eigenvalue weighted by molar-refractivity contribution is 7.95. The number of ether oxygens (including phenoxy) is 1. The SMILES string of the molecule is COc1ccc(/C=C(/C#N)S(=O)(=O)c2ccccc2)cc1. The minimum atomic E-state index is -3.80. The van der Waals surface area contributed by atoms with Gasteiger partial charge in [-0.2, -0.15) is 5.26 Å². The lowest BCUT2D eigenvalue weighted by molar-refractivity contribution is 0.415. The highest BCUT2D eigenvalue weighted by atomic mass is 32.2. The maximum atomic E-state index is 12.4. The van der Waals surface area contributed by atoms with Crippen LogP contribution < -0.4 is 4.74 Å². The van der Waals surface area contributed by atoms with Gasteiger partial charge in [0.1, 0.15) is 16.7 Å². The first-order chi connectivity index (χ1) is 10.1. The van der Waals surface area contributed by atoms with Crippen LogP contribution in [0.4, 0.5) is 0 Å². The summed E-state index contributed by atoms with van der Waals surface area (Å²) in [6, 6.07) is 16.4. The molecule has 0 spiro atoms. The van der Waals surface area contributed by atoms with Crippen molar-refractivity contribution in [1.82, 2.24) is 0 Å². The van der Waals surface area contributed by atoms with Gasteiger partial charge in [-0.05, 0) is 35.9 Å². The molecule has 0 amide bonds. The summed E-state index contributed by atoms with van der Waals surface area (Å²) in [4.78, 5) is -0.190. The second-order valence-corrected chi connectivity index (χ2v) is 6.13. The summed E-state index contributed by atoms with van der Waals surface area (Å²) < 4.78 is 29.8. The van der Waals surface area contributed by atoms with Crippen LogP contribution in [0.15, 0.2) is 64.4 Å². The van der Waals surface area contributed by atoms with E-state index in [0.717, 1.165) is 0 Å². The molecule has 2 rings (SSSR count). The molecule has 0 saturated carbocycles. The topological polar surface area (TPSA) is 67.2 Å². The van der Waals surface area contributed by atoms with E-state index < -0.39 is 9.84 Å². The standard InChI is InChI=1S/C16H13NO3S/c1-20-14-9-7-13(8-10-14)11-16(12-17)21(18,19)15-5-3-2-4-6-15/h2-11H,1H3/b16-11-. The predicted octanol–water partition coefficient (Wildman–Crippen LogP) is 3.03. The molecule has 0 aliphatic carbocycles. The van der Waals surface area contributed by atoms with Gasteiger partial charge in [-0.25, -0.2) is 8.42 Å². The largest absolute Gasteiger partial charge is 0.497 e. The third kappa shape index (κ3) is 3.30. The van der Waals surface area contributed by atoms with Gasteiger partial charge in [-0.3, -0.25) is 0 Å². The molecule has 2 aromatic rings. The van der Waals surface area contributed by atoms with Crippen LogP contribution in [-0.4, -0.2) is 15.5 Å². The fourth-order valence-electron chi connectivity index (χ4n) is 1.75. The monoisotopic (exact) mass is 299 g/mol. The van der Waals surface area contributed by atoms with E-state index in [2.05, 4.69) is 0 Å². The van der Waals surface area contributed by atoms with E-state index in [9.17, 15) is 8.42 Å². The predicted molar refractivity (Wildman–Crippen MR) is 80.2 cm³/mol. The van der Waals surface area contributed by atoms with Crippen molar-refractivity contribution in [3.8, 4) is 11.8 Å². The van der Waals surface area contributed by atoms with Gasteiger partial charge in [-0.1, -0.05) is 30.3 Å². The molecule has 21 heavy (non-hydrogen) atoms. The Morgan fingerprint density at radius 3 is 2.24 bits per heavy atom. The zero-order valence-corrected chi connectivity index (χ0v) is 12.2. The molecule has 2 aromatic carbocycles. The maximum Gasteiger partial charge on any atom is 0.216 e. The molecule has 0 aliphatic heterocycles. The summed E-state index contributed by atoms with van der Waals surface area (Å²) in [6.07, 6.45) is 1.35. The van der Waals surface area contributed by atoms with E-state index in [-0.39, 0.29) is 9.80 Å². The van der Waals surface area contributed by atoms with Crippen LogP contribution in [0.25, 0.3) is 6.08 Å². The van der Waals surface area contributed by atoms with Crippen LogP contribution in [0.3, 0.4) is 0 Å². The molecule has 0 fully saturated rings. The lowest BCUT2D eigenvalue weighted by Gasteiger charge is -2.03. The van der Waals surface area contributed by atoms with Crippen LogP contribution in [0.1, 0.15) is 5.56 Å². The Hall–Kier alpha value is -2.58. The molecule has 0 radical (unpaired) electrons. The Labute approximate surface area is 123 Å². The number of hydrogen-bond acceptors (Lipinski definition) is 4. The van der Waals surface area contributed by atoms with Crippen LogP contribution in [0, 0.1) is 11.3 Å². The van der Waals surface area contributed by atoms with E-state index in [0.29, 0.717) is 11.3 Å². The van der Waals surface area contributed by atoms with Crippen molar-refractivity contribution >= 4 is 15.9 Å². The van der Waals surface area contributed by atoms with Crippen molar-refractivity contribution in [3.05, 3.63) is 65.1 Å². The van der Waals surface area contributed by atoms with Gasteiger partial charge < -0.3 is 4.74 Å². The zero-order valence-electron chi connectivity index (χ0n) is 11.4. The van der Waals surface area contributed by atoms with Crippen LogP contribution in [0.2, 0.25) is 0 Å². The van der Waals surface area contributed by atoms with Crippen molar-refractivity contribution in [2.75, 3.05) is 7.11 Å². The van der Waals surface area contributed by atoms with Crippen molar-refractivity contribution < 1.29 is 13.2 Å². The summed E-state index contributed by atoms with van der Waals surface area (Å²) in [5.74, 6) is 0.663. The Bertz CT molecular complexity index is 786. The molecule has 0 unspecified atom stereocenters. The Kier molecular flexibility index (Phi) is 4.41. The summed E-state index contributed by atoms with van der Waals surface area (Å²) >= 11 is 0. The Balaban J connectivity index is 2.44. The molecule has 0 aliphatic rings. The normalized spacial score (nSPS) is 11.7. The number of benzene rings is 2. The van der Waals surface area contributed by atoms with Gasteiger partial charge >= 0.3 is 0 Å². The number of nitrogens with zero attached hydrogens (tertiary/aromatic N) is 1. The number of methoxy groups -OCH3 is 1. The second-order valence-electron chi connectivity index (χ2n) is 4.21. The minimum Gasteiger partial charge on any atom is -0.497 e. The number of sulfone groups is 1. The minimum absolute atomic E-state index is 0.103. The highest BCUT2D eigenvalue weighted by Gasteiger charge is 2.20. The van der Waals surface area contributed by atoms with Gasteiger partial charge in [0.2, 0.25) is 9.84 Å². The average molecular weight is 299 g/mol. The van der Waals surface area contributed by atoms with Crippen molar-refractivity contribution in [2.45, 2.75) is 4.90 Å². The first kappa shape index (κ1) is 14.8. The summed E-state index contributed by atoms with van der Waals surface area (Å²) in [5, 5.41) is 9.16. The second kappa shape index (κ2) is 6.25. The number of hydrogen-bond donors (Lipinski definition) is 0. The van der Waals surface area contributed by atoms with Crippen molar-refractivity contribution in [2.24, 2.45) is 0 Å². The average Bonchev–Trinajstić information content (AvgIpc) is 2.53. The third-order valence-corrected chi connectivity index (χ3v) is 4.55. The fraction of sp³-hybridized carbons (Fsp3) is 0.0625. The first-order valence-corrected chi connectivity index (χ1v) is 7.62. The van der Waals surface area contributed by atoms with E-state index in [1.807, 2.05) is 0 Å². The molecule has 0 N–H and O–H groups in total. The fourth-order valence-corrected chi connectivity index (χ4v) is 2.93. The van der Waals surface area contributed by atoms with Gasteiger partial charge in [0.05, 0.1) is 12.0 Å². The molecule has 5 heteroatoms. The summed E-state index contributed by atoms with van der Waals surface area (Å²) in [6.45, 7) is 0. The van der Waals surface area contributed by atoms with Gasteiger partial charge in [0.15, 0.2) is 0 Å². The molecule has 0 atom stereocenters. The Morgan fingerprint density at radius 1 is 1.10 bits per heavy atom. The lowest BCUT2D eigenvalue weighted by Crippen LogP contribution is -2.03. The van der Waals surface area contributed by atoms with Gasteiger partial charge in [-0.15, -0.1) is 0 Å². The van der Waals surface area contributed by atoms with E-state index in [4.69, 9.17) is 10.00 Å². The summed E-state index contributed by atoms with van der Waals surface area (Å²) in [7, 11) is -2.25. The molecular weight excluding hydrogens is 286 g/mol. The molecule has 4 nitrogen and oxygen atoms in total. The lowest BCUT2D eigenvalue weighted by atomic mass is 10.2. The number of nitriles is 1. The van der Waals surface area contributed by atoms with E-state index in [1.54, 1.807) is 55.6 Å². The quantitative estimate of drug-likeness (QED) is 0.814. The van der Waals surface area contributed by atoms with E-state index >= 15 is 0 Å². The third-order valence-electron chi connectivity index (χ3n) is 2.87. The maximum absolute atomic E-state index is 12.4. The van der Waals surface area contributed by atoms with Gasteiger partial charge in [0.25, 0.3) is 0 Å². The Morgan fingerprint density at radius 2 is 1.71 bits per heavy atom. The molecule has 0 bridgehead atoms. The smallest absolute Gasteiger partial charge is 0.216 e. The van der Waals surface area contributed by atoms with Crippen molar-refractivity contribution in [1.29, 1.82) is 5.26 Å². The molecule has 0 aromatic heterocycles. The number of rotatable bonds is 4.